The highest BCUT2D eigenvalue weighted by Gasteiger charge is 2.26. The van der Waals surface area contributed by atoms with Crippen LogP contribution >= 0.6 is 0 Å². The molecule has 166 valence electrons. The maximum absolute atomic E-state index is 13.2. The van der Waals surface area contributed by atoms with Crippen LogP contribution in [-0.2, 0) is 6.42 Å². The summed E-state index contributed by atoms with van der Waals surface area (Å²) in [7, 11) is 1.56. The second-order valence-corrected chi connectivity index (χ2v) is 7.41. The number of aromatic nitrogens is 5. The first-order valence-electron chi connectivity index (χ1n) is 10.3. The minimum absolute atomic E-state index is 0.00931. The molecule has 2 aromatic heterocycles. The Morgan fingerprint density at radius 1 is 1.18 bits per heavy atom. The summed E-state index contributed by atoms with van der Waals surface area (Å²) in [4.78, 5) is 13.2. The lowest BCUT2D eigenvalue weighted by atomic mass is 9.90. The number of nitrogens with zero attached hydrogens (tertiary/aromatic N) is 6. The molecule has 0 aliphatic heterocycles. The fourth-order valence-corrected chi connectivity index (χ4v) is 3.84. The first-order chi connectivity index (χ1) is 16.2. The highest BCUT2D eigenvalue weighted by molar-refractivity contribution is 6.04. The Morgan fingerprint density at radius 3 is 2.88 bits per heavy atom. The molecule has 4 aromatic rings. The standard InChI is InChI=1S/C22H20N8O3/c1-32-15-9-4-8-14(12-15)19-18(25-29-30(19)21-20(23)27-33-28-21)22(31)26-24-17-11-5-7-13-6-2-3-10-16(13)17/h2-4,6,8-10,12H,5,7,11H2,1H3,(H2,23,27)(H,26,31)/b24-17+. The Bertz CT molecular complexity index is 1360. The number of rotatable bonds is 5. The number of amides is 1. The van der Waals surface area contributed by atoms with Crippen LogP contribution in [0.1, 0.15) is 34.5 Å². The number of hydrogen-bond acceptors (Lipinski definition) is 9. The fourth-order valence-electron chi connectivity index (χ4n) is 3.84. The Kier molecular flexibility index (Phi) is 5.27. The van der Waals surface area contributed by atoms with E-state index in [2.05, 4.69) is 37.2 Å². The molecule has 2 aromatic carbocycles. The van der Waals surface area contributed by atoms with Crippen molar-refractivity contribution in [3.05, 3.63) is 65.4 Å². The van der Waals surface area contributed by atoms with E-state index in [0.29, 0.717) is 17.0 Å². The third-order valence-corrected chi connectivity index (χ3v) is 5.41. The van der Waals surface area contributed by atoms with Gasteiger partial charge in [-0.2, -0.15) is 9.78 Å². The maximum atomic E-state index is 13.2. The van der Waals surface area contributed by atoms with Crippen LogP contribution < -0.4 is 15.9 Å². The van der Waals surface area contributed by atoms with Crippen LogP contribution in [-0.4, -0.2) is 44.0 Å². The topological polar surface area (TPSA) is 146 Å². The first-order valence-corrected chi connectivity index (χ1v) is 10.3. The van der Waals surface area contributed by atoms with Gasteiger partial charge in [0.05, 0.1) is 12.8 Å². The van der Waals surface area contributed by atoms with Gasteiger partial charge in [0.1, 0.15) is 11.4 Å². The Hall–Kier alpha value is -4.54. The number of carbonyl (C=O) groups is 1. The van der Waals surface area contributed by atoms with Crippen molar-refractivity contribution in [1.29, 1.82) is 0 Å². The zero-order valence-electron chi connectivity index (χ0n) is 17.7. The summed E-state index contributed by atoms with van der Waals surface area (Å²) in [5.74, 6) is 0.198. The molecule has 0 spiro atoms. The van der Waals surface area contributed by atoms with Crippen molar-refractivity contribution < 1.29 is 14.2 Å². The van der Waals surface area contributed by atoms with Gasteiger partial charge in [-0.3, -0.25) is 4.79 Å². The van der Waals surface area contributed by atoms with E-state index in [9.17, 15) is 4.79 Å². The molecule has 33 heavy (non-hydrogen) atoms. The van der Waals surface area contributed by atoms with Crippen LogP contribution in [0.3, 0.4) is 0 Å². The van der Waals surface area contributed by atoms with Crippen LogP contribution in [0.15, 0.2) is 58.3 Å². The number of hydrogen-bond donors (Lipinski definition) is 2. The second kappa shape index (κ2) is 8.54. The van der Waals surface area contributed by atoms with Crippen molar-refractivity contribution in [3.8, 4) is 22.8 Å². The molecule has 2 heterocycles. The smallest absolute Gasteiger partial charge is 0.294 e. The monoisotopic (exact) mass is 444 g/mol. The molecule has 5 rings (SSSR count). The van der Waals surface area contributed by atoms with Crippen molar-refractivity contribution in [2.24, 2.45) is 5.10 Å². The van der Waals surface area contributed by atoms with E-state index >= 15 is 0 Å². The largest absolute Gasteiger partial charge is 0.497 e. The number of nitrogen functional groups attached to an aromatic ring is 1. The van der Waals surface area contributed by atoms with Crippen LogP contribution in [0.25, 0.3) is 17.1 Å². The third kappa shape index (κ3) is 3.80. The Labute approximate surface area is 188 Å². The molecule has 11 heteroatoms. The van der Waals surface area contributed by atoms with E-state index in [0.717, 1.165) is 30.5 Å². The van der Waals surface area contributed by atoms with Crippen molar-refractivity contribution in [2.75, 3.05) is 12.8 Å². The molecule has 0 unspecified atom stereocenters. The predicted octanol–water partition coefficient (Wildman–Crippen LogP) is 2.38. The maximum Gasteiger partial charge on any atom is 0.294 e. The molecule has 0 fully saturated rings. The molecular formula is C22H20N8O3. The van der Waals surface area contributed by atoms with Crippen molar-refractivity contribution in [1.82, 2.24) is 30.7 Å². The number of hydrazone groups is 1. The molecule has 0 saturated carbocycles. The number of fused-ring (bicyclic) bond motifs is 1. The first kappa shape index (κ1) is 20.4. The summed E-state index contributed by atoms with van der Waals surface area (Å²) in [6.45, 7) is 0. The van der Waals surface area contributed by atoms with Crippen molar-refractivity contribution in [3.63, 3.8) is 0 Å². The van der Waals surface area contributed by atoms with Gasteiger partial charge in [0.25, 0.3) is 5.91 Å². The van der Waals surface area contributed by atoms with E-state index in [1.54, 1.807) is 31.4 Å². The average molecular weight is 444 g/mol. The number of benzene rings is 2. The average Bonchev–Trinajstić information content (AvgIpc) is 3.48. The number of nitrogens with one attached hydrogen (secondary N) is 1. The van der Waals surface area contributed by atoms with Crippen LogP contribution in [0.2, 0.25) is 0 Å². The van der Waals surface area contributed by atoms with Gasteiger partial charge in [-0.25, -0.2) is 10.1 Å². The highest BCUT2D eigenvalue weighted by atomic mass is 16.6. The van der Waals surface area contributed by atoms with Gasteiger partial charge in [0.15, 0.2) is 5.69 Å². The lowest BCUT2D eigenvalue weighted by molar-refractivity contribution is 0.0950. The zero-order valence-corrected chi connectivity index (χ0v) is 17.7. The van der Waals surface area contributed by atoms with Gasteiger partial charge in [-0.1, -0.05) is 41.6 Å². The molecule has 0 atom stereocenters. The van der Waals surface area contributed by atoms with Gasteiger partial charge < -0.3 is 10.5 Å². The molecule has 0 radical (unpaired) electrons. The van der Waals surface area contributed by atoms with Crippen molar-refractivity contribution in [2.45, 2.75) is 19.3 Å². The van der Waals surface area contributed by atoms with Gasteiger partial charge in [0.2, 0.25) is 11.6 Å². The lowest BCUT2D eigenvalue weighted by Gasteiger charge is -2.17. The third-order valence-electron chi connectivity index (χ3n) is 5.41. The summed E-state index contributed by atoms with van der Waals surface area (Å²) in [6, 6.07) is 15.2. The molecule has 1 aliphatic rings. The molecule has 0 saturated heterocycles. The van der Waals surface area contributed by atoms with E-state index in [4.69, 9.17) is 15.1 Å². The van der Waals surface area contributed by atoms with E-state index in [-0.39, 0.29) is 17.3 Å². The fraction of sp³-hybridized carbons (Fsp3) is 0.182. The molecular weight excluding hydrogens is 424 g/mol. The van der Waals surface area contributed by atoms with Gasteiger partial charge in [-0.15, -0.1) is 5.10 Å². The summed E-state index contributed by atoms with van der Waals surface area (Å²) < 4.78 is 11.3. The van der Waals surface area contributed by atoms with Gasteiger partial charge in [-0.05, 0) is 47.3 Å². The van der Waals surface area contributed by atoms with Crippen LogP contribution in [0.4, 0.5) is 5.82 Å². The molecule has 3 N–H and O–H groups in total. The number of anilines is 1. The number of methoxy groups -OCH3 is 1. The minimum atomic E-state index is -0.523. The summed E-state index contributed by atoms with van der Waals surface area (Å²) in [6.07, 6.45) is 2.73. The Morgan fingerprint density at radius 2 is 2.06 bits per heavy atom. The van der Waals surface area contributed by atoms with Crippen LogP contribution in [0.5, 0.6) is 5.75 Å². The molecule has 11 nitrogen and oxygen atoms in total. The number of carbonyl (C=O) groups excluding carboxylic acids is 1. The van der Waals surface area contributed by atoms with Gasteiger partial charge >= 0.3 is 0 Å². The van der Waals surface area contributed by atoms with Crippen LogP contribution in [0, 0.1) is 0 Å². The summed E-state index contributed by atoms with van der Waals surface area (Å²) in [5.41, 5.74) is 12.6. The Balaban J connectivity index is 1.54. The SMILES string of the molecule is COc1cccc(-c2c(C(=O)N/N=C3\CCCc4ccccc43)nnn2-c2nonc2N)c1. The number of ether oxygens (including phenoxy) is 1. The van der Waals surface area contributed by atoms with Gasteiger partial charge in [0, 0.05) is 11.1 Å². The molecule has 1 amide bonds. The molecule has 1 aliphatic carbocycles. The van der Waals surface area contributed by atoms with E-state index < -0.39 is 5.91 Å². The van der Waals surface area contributed by atoms with E-state index in [1.807, 2.05) is 18.2 Å². The summed E-state index contributed by atoms with van der Waals surface area (Å²) in [5, 5.41) is 19.9. The minimum Gasteiger partial charge on any atom is -0.497 e. The lowest BCUT2D eigenvalue weighted by Crippen LogP contribution is -2.23. The predicted molar refractivity (Wildman–Crippen MR) is 119 cm³/mol. The van der Waals surface area contributed by atoms with E-state index in [1.165, 1.54) is 10.2 Å². The molecule has 0 bridgehead atoms. The van der Waals surface area contributed by atoms with Crippen molar-refractivity contribution >= 4 is 17.4 Å². The number of aryl methyl sites for hydroxylation is 1. The highest BCUT2D eigenvalue weighted by Crippen LogP contribution is 2.29. The number of nitrogens with two attached hydrogens (primary N) is 1. The zero-order chi connectivity index (χ0) is 22.8. The second-order valence-electron chi connectivity index (χ2n) is 7.41. The summed E-state index contributed by atoms with van der Waals surface area (Å²) >= 11 is 0. The normalized spacial score (nSPS) is 14.2. The quantitative estimate of drug-likeness (QED) is 0.446.